The topological polar surface area (TPSA) is 70.7 Å². The van der Waals surface area contributed by atoms with Crippen molar-refractivity contribution in [3.63, 3.8) is 0 Å². The molecule has 2 aliphatic rings. The van der Waals surface area contributed by atoms with Gasteiger partial charge in [-0.15, -0.1) is 0 Å². The number of anilines is 1. The Labute approximate surface area is 106 Å². The van der Waals surface area contributed by atoms with Gasteiger partial charge in [0.25, 0.3) is 5.91 Å². The Kier molecular flexibility index (Phi) is 2.47. The van der Waals surface area contributed by atoms with Crippen LogP contribution in [-0.4, -0.2) is 31.0 Å². The van der Waals surface area contributed by atoms with Crippen molar-refractivity contribution in [2.45, 2.75) is 19.5 Å². The quantitative estimate of drug-likeness (QED) is 0.755. The molecule has 0 aromatic heterocycles. The lowest BCUT2D eigenvalue weighted by Gasteiger charge is -2.40. The van der Waals surface area contributed by atoms with Crippen LogP contribution in [0, 0.1) is 0 Å². The first-order chi connectivity index (χ1) is 8.70. The van der Waals surface area contributed by atoms with Gasteiger partial charge in [0.05, 0.1) is 17.8 Å². The molecule has 0 saturated heterocycles. The highest BCUT2D eigenvalue weighted by Gasteiger charge is 2.34. The van der Waals surface area contributed by atoms with Gasteiger partial charge in [-0.25, -0.2) is 0 Å². The fraction of sp³-hybridized carbons (Fsp3) is 0.385. The van der Waals surface area contributed by atoms with Gasteiger partial charge in [0, 0.05) is 6.54 Å². The summed E-state index contributed by atoms with van der Waals surface area (Å²) in [5.74, 6) is 0.418. The lowest BCUT2D eigenvalue weighted by Crippen LogP contribution is -2.61. The number of carbonyl (C=O) groups is 1. The summed E-state index contributed by atoms with van der Waals surface area (Å²) in [5.41, 5.74) is 8.72. The number of nitrogens with zero attached hydrogens (tertiary/aromatic N) is 2. The average Bonchev–Trinajstić information content (AvgIpc) is 2.40. The minimum absolute atomic E-state index is 0.0680. The Hall–Kier alpha value is -2.04. The highest BCUT2D eigenvalue weighted by molar-refractivity contribution is 6.06. The normalized spacial score (nSPS) is 21.8. The number of nitrogens with two attached hydrogens (primary N) is 1. The number of carbonyl (C=O) groups excluding carboxylic acids is 1. The van der Waals surface area contributed by atoms with Gasteiger partial charge in [-0.05, 0) is 24.1 Å². The van der Waals surface area contributed by atoms with E-state index in [0.29, 0.717) is 12.4 Å². The van der Waals surface area contributed by atoms with Gasteiger partial charge in [-0.3, -0.25) is 9.79 Å². The molecule has 18 heavy (non-hydrogen) atoms. The van der Waals surface area contributed by atoms with Crippen molar-refractivity contribution in [1.82, 2.24) is 5.32 Å². The number of hydrogen-bond donors (Lipinski definition) is 2. The highest BCUT2D eigenvalue weighted by atomic mass is 16.2. The standard InChI is InChI=1S/C13H16N4O/c1-2-8-3-4-10-9(7-8)13(18)16-12-11(14)15-5-6-17(10)12/h3-4,7,12H,2,5-6H2,1H3,(H2,14,15)(H,16,18). The van der Waals surface area contributed by atoms with Crippen LogP contribution in [0.3, 0.4) is 0 Å². The van der Waals surface area contributed by atoms with Gasteiger partial charge in [0.15, 0.2) is 6.17 Å². The van der Waals surface area contributed by atoms with E-state index in [1.807, 2.05) is 12.1 Å². The molecule has 1 amide bonds. The molecule has 1 atom stereocenters. The van der Waals surface area contributed by atoms with Gasteiger partial charge in [-0.2, -0.15) is 0 Å². The van der Waals surface area contributed by atoms with Gasteiger partial charge in [0.1, 0.15) is 5.84 Å². The van der Waals surface area contributed by atoms with Crippen LogP contribution in [-0.2, 0) is 6.42 Å². The molecule has 5 heteroatoms. The van der Waals surface area contributed by atoms with Crippen molar-refractivity contribution >= 4 is 17.4 Å². The van der Waals surface area contributed by atoms with Crippen LogP contribution in [0.5, 0.6) is 0 Å². The van der Waals surface area contributed by atoms with E-state index in [-0.39, 0.29) is 12.1 Å². The lowest BCUT2D eigenvalue weighted by molar-refractivity contribution is 0.0938. The second-order valence-electron chi connectivity index (χ2n) is 4.58. The molecular weight excluding hydrogens is 228 g/mol. The van der Waals surface area contributed by atoms with Crippen LogP contribution in [0.1, 0.15) is 22.8 Å². The zero-order valence-electron chi connectivity index (χ0n) is 10.3. The van der Waals surface area contributed by atoms with Gasteiger partial charge >= 0.3 is 0 Å². The fourth-order valence-electron chi connectivity index (χ4n) is 2.51. The molecular formula is C13H16N4O. The molecule has 3 N–H and O–H groups in total. The molecule has 0 fully saturated rings. The summed E-state index contributed by atoms with van der Waals surface area (Å²) in [5, 5.41) is 2.91. The number of aliphatic imine (C=N–C) groups is 1. The number of amides is 1. The smallest absolute Gasteiger partial charge is 0.255 e. The molecule has 1 aromatic carbocycles. The molecule has 0 spiro atoms. The van der Waals surface area contributed by atoms with E-state index in [1.54, 1.807) is 0 Å². The monoisotopic (exact) mass is 244 g/mol. The Morgan fingerprint density at radius 2 is 2.39 bits per heavy atom. The van der Waals surface area contributed by atoms with Crippen LogP contribution in [0.4, 0.5) is 5.69 Å². The molecule has 0 bridgehead atoms. The highest BCUT2D eigenvalue weighted by Crippen LogP contribution is 2.28. The Bertz CT molecular complexity index is 538. The second kappa shape index (κ2) is 4.01. The first-order valence-corrected chi connectivity index (χ1v) is 6.21. The largest absolute Gasteiger partial charge is 0.384 e. The predicted octanol–water partition coefficient (Wildman–Crippen LogP) is 0.496. The Balaban J connectivity index is 2.09. The SMILES string of the molecule is CCc1ccc2c(c1)C(=O)NC1C(N)=NCCN21. The lowest BCUT2D eigenvalue weighted by atomic mass is 10.0. The Morgan fingerprint density at radius 1 is 1.56 bits per heavy atom. The average molecular weight is 244 g/mol. The van der Waals surface area contributed by atoms with Crippen molar-refractivity contribution in [2.75, 3.05) is 18.0 Å². The molecule has 3 rings (SSSR count). The van der Waals surface area contributed by atoms with Crippen molar-refractivity contribution in [2.24, 2.45) is 10.7 Å². The molecule has 2 heterocycles. The minimum atomic E-state index is -0.286. The van der Waals surface area contributed by atoms with E-state index >= 15 is 0 Å². The number of hydrogen-bond acceptors (Lipinski definition) is 4. The summed E-state index contributed by atoms with van der Waals surface area (Å²) in [4.78, 5) is 18.4. The summed E-state index contributed by atoms with van der Waals surface area (Å²) in [6, 6.07) is 6.04. The van der Waals surface area contributed by atoms with Crippen LogP contribution in [0.25, 0.3) is 0 Å². The third kappa shape index (κ3) is 1.54. The third-order valence-electron chi connectivity index (χ3n) is 3.52. The molecule has 2 aliphatic heterocycles. The van der Waals surface area contributed by atoms with Gasteiger partial charge < -0.3 is 16.0 Å². The van der Waals surface area contributed by atoms with E-state index in [4.69, 9.17) is 5.73 Å². The summed E-state index contributed by atoms with van der Waals surface area (Å²) in [6.45, 7) is 3.54. The number of rotatable bonds is 1. The van der Waals surface area contributed by atoms with Crippen molar-refractivity contribution in [3.05, 3.63) is 29.3 Å². The van der Waals surface area contributed by atoms with E-state index in [9.17, 15) is 4.79 Å². The number of nitrogens with one attached hydrogen (secondary N) is 1. The number of aryl methyl sites for hydroxylation is 1. The summed E-state index contributed by atoms with van der Waals surface area (Å²) >= 11 is 0. The van der Waals surface area contributed by atoms with E-state index in [1.165, 1.54) is 5.56 Å². The number of fused-ring (bicyclic) bond motifs is 3. The summed E-state index contributed by atoms with van der Waals surface area (Å²) in [7, 11) is 0. The first-order valence-electron chi connectivity index (χ1n) is 6.21. The molecule has 0 radical (unpaired) electrons. The maximum absolute atomic E-state index is 12.1. The number of benzene rings is 1. The molecule has 1 unspecified atom stereocenters. The molecule has 0 saturated carbocycles. The fourth-order valence-corrected chi connectivity index (χ4v) is 2.51. The molecule has 1 aromatic rings. The van der Waals surface area contributed by atoms with Crippen molar-refractivity contribution in [3.8, 4) is 0 Å². The maximum atomic E-state index is 12.1. The van der Waals surface area contributed by atoms with Crippen LogP contribution >= 0.6 is 0 Å². The van der Waals surface area contributed by atoms with Crippen LogP contribution in [0.15, 0.2) is 23.2 Å². The van der Waals surface area contributed by atoms with Crippen molar-refractivity contribution < 1.29 is 4.79 Å². The molecule has 5 nitrogen and oxygen atoms in total. The van der Waals surface area contributed by atoms with Crippen LogP contribution in [0.2, 0.25) is 0 Å². The van der Waals surface area contributed by atoms with Gasteiger partial charge in [-0.1, -0.05) is 13.0 Å². The first kappa shape index (κ1) is 11.1. The minimum Gasteiger partial charge on any atom is -0.384 e. The second-order valence-corrected chi connectivity index (χ2v) is 4.58. The van der Waals surface area contributed by atoms with Crippen LogP contribution < -0.4 is 16.0 Å². The van der Waals surface area contributed by atoms with E-state index in [2.05, 4.69) is 28.2 Å². The van der Waals surface area contributed by atoms with E-state index in [0.717, 1.165) is 24.2 Å². The molecule has 94 valence electrons. The number of amidine groups is 1. The summed E-state index contributed by atoms with van der Waals surface area (Å²) in [6.07, 6.45) is 0.638. The zero-order valence-corrected chi connectivity index (χ0v) is 10.3. The predicted molar refractivity (Wildman–Crippen MR) is 70.9 cm³/mol. The van der Waals surface area contributed by atoms with E-state index < -0.39 is 0 Å². The van der Waals surface area contributed by atoms with Gasteiger partial charge in [0.2, 0.25) is 0 Å². The summed E-state index contributed by atoms with van der Waals surface area (Å²) < 4.78 is 0. The third-order valence-corrected chi connectivity index (χ3v) is 3.52. The molecule has 0 aliphatic carbocycles. The Morgan fingerprint density at radius 3 is 3.17 bits per heavy atom. The maximum Gasteiger partial charge on any atom is 0.255 e. The van der Waals surface area contributed by atoms with Crippen molar-refractivity contribution in [1.29, 1.82) is 0 Å². The zero-order chi connectivity index (χ0) is 12.7.